The van der Waals surface area contributed by atoms with Crippen LogP contribution in [0.3, 0.4) is 0 Å². The van der Waals surface area contributed by atoms with E-state index in [1.54, 1.807) is 6.33 Å². The molecule has 3 rings (SSSR count). The van der Waals surface area contributed by atoms with Crippen LogP contribution in [0.5, 0.6) is 11.5 Å². The Morgan fingerprint density at radius 3 is 2.86 bits per heavy atom. The van der Waals surface area contributed by atoms with Gasteiger partial charge in [-0.15, -0.1) is 0 Å². The van der Waals surface area contributed by atoms with Gasteiger partial charge in [0.2, 0.25) is 0 Å². The largest absolute Gasteiger partial charge is 0.486 e. The molecule has 1 aromatic heterocycles. The van der Waals surface area contributed by atoms with Gasteiger partial charge in [0.25, 0.3) is 0 Å². The van der Waals surface area contributed by atoms with Crippen molar-refractivity contribution in [1.29, 1.82) is 0 Å². The fraction of sp³-hybridized carbons (Fsp3) is 0.400. The van der Waals surface area contributed by atoms with Crippen molar-refractivity contribution < 1.29 is 9.47 Å². The van der Waals surface area contributed by atoms with Crippen molar-refractivity contribution in [2.75, 3.05) is 18.9 Å². The second-order valence-electron chi connectivity index (χ2n) is 5.51. The highest BCUT2D eigenvalue weighted by molar-refractivity contribution is 9.10. The second-order valence-corrected chi connectivity index (χ2v) is 6.36. The van der Waals surface area contributed by atoms with Gasteiger partial charge in [-0.3, -0.25) is 0 Å². The molecular formula is C15H18BrN3O2. The number of aromatic nitrogens is 2. The normalized spacial score (nSPS) is 13.7. The lowest BCUT2D eigenvalue weighted by Gasteiger charge is -2.20. The van der Waals surface area contributed by atoms with E-state index in [1.165, 1.54) is 0 Å². The zero-order valence-electron chi connectivity index (χ0n) is 12.1. The number of hydrogen-bond acceptors (Lipinski definition) is 4. The van der Waals surface area contributed by atoms with Crippen molar-refractivity contribution in [3.05, 3.63) is 22.9 Å². The third-order valence-electron chi connectivity index (χ3n) is 3.31. The second kappa shape index (κ2) is 5.60. The summed E-state index contributed by atoms with van der Waals surface area (Å²) in [4.78, 5) is 4.45. The van der Waals surface area contributed by atoms with Gasteiger partial charge >= 0.3 is 0 Å². The summed E-state index contributed by atoms with van der Waals surface area (Å²) in [5.41, 5.74) is 7.92. The van der Waals surface area contributed by atoms with Crippen LogP contribution in [0.2, 0.25) is 0 Å². The third kappa shape index (κ3) is 2.72. The van der Waals surface area contributed by atoms with Gasteiger partial charge < -0.3 is 19.8 Å². The molecule has 0 amide bonds. The van der Waals surface area contributed by atoms with Crippen LogP contribution >= 0.6 is 15.9 Å². The van der Waals surface area contributed by atoms with Crippen molar-refractivity contribution in [2.24, 2.45) is 5.92 Å². The van der Waals surface area contributed by atoms with Gasteiger partial charge in [0.1, 0.15) is 24.7 Å². The van der Waals surface area contributed by atoms with Gasteiger partial charge in [-0.25, -0.2) is 4.98 Å². The predicted molar refractivity (Wildman–Crippen MR) is 85.6 cm³/mol. The highest BCUT2D eigenvalue weighted by Crippen LogP contribution is 2.41. The summed E-state index contributed by atoms with van der Waals surface area (Å²) in [5, 5.41) is 0. The van der Waals surface area contributed by atoms with Crippen LogP contribution in [0, 0.1) is 5.92 Å². The zero-order valence-corrected chi connectivity index (χ0v) is 13.7. The topological polar surface area (TPSA) is 62.3 Å². The molecule has 0 aliphatic carbocycles. The van der Waals surface area contributed by atoms with Gasteiger partial charge in [-0.05, 0) is 34.0 Å². The van der Waals surface area contributed by atoms with E-state index in [0.717, 1.165) is 33.8 Å². The summed E-state index contributed by atoms with van der Waals surface area (Å²) in [6.45, 7) is 6.28. The van der Waals surface area contributed by atoms with Crippen molar-refractivity contribution in [1.82, 2.24) is 9.55 Å². The molecule has 0 radical (unpaired) electrons. The molecule has 1 aliphatic rings. The van der Waals surface area contributed by atoms with E-state index in [4.69, 9.17) is 15.2 Å². The number of anilines is 1. The number of fused-ring (bicyclic) bond motifs is 1. The van der Waals surface area contributed by atoms with Crippen molar-refractivity contribution in [3.8, 4) is 22.8 Å². The number of nitrogen functional groups attached to an aromatic ring is 1. The standard InChI is InChI=1S/C15H18BrN3O2/c1-9(2)7-19-8-18-13(15(19)17)10-5-11(16)14-12(6-10)20-3-4-21-14/h5-6,8-9H,3-4,7,17H2,1-2H3. The maximum absolute atomic E-state index is 6.22. The van der Waals surface area contributed by atoms with E-state index in [-0.39, 0.29) is 0 Å². The molecular weight excluding hydrogens is 334 g/mol. The molecule has 0 bridgehead atoms. The Labute approximate surface area is 132 Å². The first kappa shape index (κ1) is 14.3. The summed E-state index contributed by atoms with van der Waals surface area (Å²) in [6, 6.07) is 3.89. The number of imidazole rings is 1. The third-order valence-corrected chi connectivity index (χ3v) is 3.90. The Balaban J connectivity index is 2.01. The maximum atomic E-state index is 6.22. The number of hydrogen-bond donors (Lipinski definition) is 1. The first-order valence-corrected chi connectivity index (χ1v) is 7.75. The molecule has 0 saturated carbocycles. The van der Waals surface area contributed by atoms with Gasteiger partial charge in [0, 0.05) is 12.1 Å². The highest BCUT2D eigenvalue weighted by Gasteiger charge is 2.19. The summed E-state index contributed by atoms with van der Waals surface area (Å²) < 4.78 is 14.1. The van der Waals surface area contributed by atoms with Crippen LogP contribution in [-0.2, 0) is 6.54 Å². The number of rotatable bonds is 3. The van der Waals surface area contributed by atoms with E-state index in [0.29, 0.717) is 24.9 Å². The fourth-order valence-corrected chi connectivity index (χ4v) is 2.96. The van der Waals surface area contributed by atoms with E-state index in [2.05, 4.69) is 34.8 Å². The first-order valence-electron chi connectivity index (χ1n) is 6.96. The minimum Gasteiger partial charge on any atom is -0.486 e. The summed E-state index contributed by atoms with van der Waals surface area (Å²) in [7, 11) is 0. The van der Waals surface area contributed by atoms with E-state index >= 15 is 0 Å². The molecule has 1 aromatic carbocycles. The summed E-state index contributed by atoms with van der Waals surface area (Å²) in [6.07, 6.45) is 1.79. The van der Waals surface area contributed by atoms with E-state index in [9.17, 15) is 0 Å². The molecule has 0 unspecified atom stereocenters. The Kier molecular flexibility index (Phi) is 3.80. The molecule has 0 atom stereocenters. The molecule has 21 heavy (non-hydrogen) atoms. The molecule has 0 spiro atoms. The van der Waals surface area contributed by atoms with Gasteiger partial charge in [0.15, 0.2) is 11.5 Å². The van der Waals surface area contributed by atoms with Crippen LogP contribution in [0.15, 0.2) is 22.9 Å². The molecule has 2 heterocycles. The summed E-state index contributed by atoms with van der Waals surface area (Å²) in [5.74, 6) is 2.65. The lowest BCUT2D eigenvalue weighted by molar-refractivity contribution is 0.170. The number of halogens is 1. The number of nitrogens with zero attached hydrogens (tertiary/aromatic N) is 2. The fourth-order valence-electron chi connectivity index (χ4n) is 2.40. The number of benzene rings is 1. The predicted octanol–water partition coefficient (Wildman–Crippen LogP) is 3.32. The van der Waals surface area contributed by atoms with Crippen molar-refractivity contribution >= 4 is 21.7 Å². The van der Waals surface area contributed by atoms with E-state index in [1.807, 2.05) is 16.7 Å². The average Bonchev–Trinajstić information content (AvgIpc) is 2.79. The molecule has 0 fully saturated rings. The van der Waals surface area contributed by atoms with Crippen LogP contribution < -0.4 is 15.2 Å². The first-order chi connectivity index (χ1) is 10.1. The molecule has 2 aromatic rings. The van der Waals surface area contributed by atoms with Crippen LogP contribution in [0.4, 0.5) is 5.82 Å². The zero-order chi connectivity index (χ0) is 15.0. The smallest absolute Gasteiger partial charge is 0.175 e. The SMILES string of the molecule is CC(C)Cn1cnc(-c2cc(Br)c3c(c2)OCCO3)c1N. The minimum absolute atomic E-state index is 0.515. The molecule has 0 saturated heterocycles. The van der Waals surface area contributed by atoms with Gasteiger partial charge in [-0.1, -0.05) is 13.8 Å². The number of ether oxygens (including phenoxy) is 2. The molecule has 112 valence electrons. The highest BCUT2D eigenvalue weighted by atomic mass is 79.9. The van der Waals surface area contributed by atoms with E-state index < -0.39 is 0 Å². The quantitative estimate of drug-likeness (QED) is 0.921. The van der Waals surface area contributed by atoms with Gasteiger partial charge in [-0.2, -0.15) is 0 Å². The Morgan fingerprint density at radius 1 is 1.33 bits per heavy atom. The number of nitrogens with two attached hydrogens (primary N) is 1. The molecule has 2 N–H and O–H groups in total. The maximum Gasteiger partial charge on any atom is 0.175 e. The molecule has 5 nitrogen and oxygen atoms in total. The molecule has 6 heteroatoms. The Morgan fingerprint density at radius 2 is 2.10 bits per heavy atom. The van der Waals surface area contributed by atoms with Crippen molar-refractivity contribution in [3.63, 3.8) is 0 Å². The lowest BCUT2D eigenvalue weighted by atomic mass is 10.1. The van der Waals surface area contributed by atoms with Crippen LogP contribution in [-0.4, -0.2) is 22.8 Å². The van der Waals surface area contributed by atoms with Crippen molar-refractivity contribution in [2.45, 2.75) is 20.4 Å². The van der Waals surface area contributed by atoms with Crippen LogP contribution in [0.25, 0.3) is 11.3 Å². The monoisotopic (exact) mass is 351 g/mol. The van der Waals surface area contributed by atoms with Crippen LogP contribution in [0.1, 0.15) is 13.8 Å². The Bertz CT molecular complexity index is 667. The molecule has 1 aliphatic heterocycles. The van der Waals surface area contributed by atoms with Gasteiger partial charge in [0.05, 0.1) is 10.8 Å². The minimum atomic E-state index is 0.515. The Hall–Kier alpha value is -1.69. The average molecular weight is 352 g/mol. The lowest BCUT2D eigenvalue weighted by Crippen LogP contribution is -2.15. The summed E-state index contributed by atoms with van der Waals surface area (Å²) >= 11 is 3.52.